The van der Waals surface area contributed by atoms with Crippen molar-refractivity contribution in [2.45, 2.75) is 33.2 Å². The third-order valence-corrected chi connectivity index (χ3v) is 2.95. The lowest BCUT2D eigenvalue weighted by Crippen LogP contribution is -2.34. The number of amides is 1. The first-order chi connectivity index (χ1) is 9.94. The molecule has 1 N–H and O–H groups in total. The Balaban J connectivity index is 2.03. The summed E-state index contributed by atoms with van der Waals surface area (Å²) in [7, 11) is 0. The fraction of sp³-hybridized carbons (Fsp3) is 0.312. The summed E-state index contributed by atoms with van der Waals surface area (Å²) in [6, 6.07) is 8.21. The summed E-state index contributed by atoms with van der Waals surface area (Å²) in [5.41, 5.74) is 1.61. The van der Waals surface area contributed by atoms with Crippen LogP contribution in [0.4, 0.5) is 0 Å². The number of carbonyl (C=O) groups excluding carboxylic acids is 1. The van der Waals surface area contributed by atoms with E-state index in [-0.39, 0.29) is 17.2 Å². The molecule has 1 amide bonds. The van der Waals surface area contributed by atoms with Crippen molar-refractivity contribution < 1.29 is 9.21 Å². The molecule has 2 rings (SSSR count). The number of aromatic nitrogens is 1. The van der Waals surface area contributed by atoms with Crippen LogP contribution in [0.3, 0.4) is 0 Å². The van der Waals surface area contributed by atoms with E-state index >= 15 is 0 Å². The van der Waals surface area contributed by atoms with E-state index in [4.69, 9.17) is 4.42 Å². The average molecular weight is 286 g/mol. The van der Waals surface area contributed by atoms with Crippen LogP contribution < -0.4 is 10.7 Å². The van der Waals surface area contributed by atoms with Crippen molar-refractivity contribution in [3.8, 4) is 0 Å². The average Bonchev–Trinajstić information content (AvgIpc) is 2.37. The molecule has 0 saturated carbocycles. The molecule has 0 radical (unpaired) electrons. The largest absolute Gasteiger partial charge is 0.456 e. The number of carbonyl (C=O) groups is 1. The lowest BCUT2D eigenvalue weighted by Gasteiger charge is -2.13. The zero-order valence-corrected chi connectivity index (χ0v) is 12.3. The lowest BCUT2D eigenvalue weighted by atomic mass is 10.1. The molecule has 0 aliphatic heterocycles. The van der Waals surface area contributed by atoms with Gasteiger partial charge in [0.05, 0.1) is 0 Å². The SMILES string of the molecule is Cc1cccc(C[C@H](C)NC(=O)c2cc(=O)cc(C)o2)n1. The fourth-order valence-electron chi connectivity index (χ4n) is 2.09. The van der Waals surface area contributed by atoms with E-state index in [0.717, 1.165) is 11.4 Å². The number of nitrogens with zero attached hydrogens (tertiary/aromatic N) is 1. The second kappa shape index (κ2) is 6.35. The summed E-state index contributed by atoms with van der Waals surface area (Å²) in [6.07, 6.45) is 0.615. The Labute approximate surface area is 123 Å². The maximum absolute atomic E-state index is 12.1. The molecular formula is C16H18N2O3. The van der Waals surface area contributed by atoms with Gasteiger partial charge in [0.25, 0.3) is 5.91 Å². The molecule has 2 aromatic heterocycles. The highest BCUT2D eigenvalue weighted by Crippen LogP contribution is 2.04. The fourth-order valence-corrected chi connectivity index (χ4v) is 2.09. The van der Waals surface area contributed by atoms with Crippen molar-refractivity contribution in [2.24, 2.45) is 0 Å². The van der Waals surface area contributed by atoms with Crippen LogP contribution in [-0.2, 0) is 6.42 Å². The second-order valence-electron chi connectivity index (χ2n) is 5.12. The van der Waals surface area contributed by atoms with Gasteiger partial charge in [0.15, 0.2) is 11.2 Å². The number of aryl methyl sites for hydroxylation is 2. The van der Waals surface area contributed by atoms with Crippen LogP contribution in [0.5, 0.6) is 0 Å². The molecule has 0 bridgehead atoms. The monoisotopic (exact) mass is 286 g/mol. The summed E-state index contributed by atoms with van der Waals surface area (Å²) < 4.78 is 5.26. The minimum atomic E-state index is -0.393. The van der Waals surface area contributed by atoms with Crippen molar-refractivity contribution in [2.75, 3.05) is 0 Å². The molecule has 5 heteroatoms. The topological polar surface area (TPSA) is 72.2 Å². The molecular weight excluding hydrogens is 268 g/mol. The molecule has 0 spiro atoms. The van der Waals surface area contributed by atoms with E-state index < -0.39 is 5.91 Å². The zero-order valence-electron chi connectivity index (χ0n) is 12.3. The van der Waals surface area contributed by atoms with Crippen LogP contribution in [0, 0.1) is 13.8 Å². The summed E-state index contributed by atoms with van der Waals surface area (Å²) in [5.74, 6) is 0.0562. The summed E-state index contributed by atoms with van der Waals surface area (Å²) >= 11 is 0. The quantitative estimate of drug-likeness (QED) is 0.933. The highest BCUT2D eigenvalue weighted by molar-refractivity contribution is 5.91. The number of hydrogen-bond acceptors (Lipinski definition) is 4. The van der Waals surface area contributed by atoms with Crippen LogP contribution >= 0.6 is 0 Å². The predicted octanol–water partition coefficient (Wildman–Crippen LogP) is 2.01. The number of nitrogens with one attached hydrogen (secondary N) is 1. The Morgan fingerprint density at radius 3 is 2.76 bits per heavy atom. The highest BCUT2D eigenvalue weighted by Gasteiger charge is 2.14. The van der Waals surface area contributed by atoms with Gasteiger partial charge in [0, 0.05) is 36.0 Å². The van der Waals surface area contributed by atoms with Gasteiger partial charge in [-0.25, -0.2) is 0 Å². The molecule has 2 aromatic rings. The van der Waals surface area contributed by atoms with Gasteiger partial charge < -0.3 is 9.73 Å². The normalized spacial score (nSPS) is 12.0. The molecule has 2 heterocycles. The molecule has 0 fully saturated rings. The van der Waals surface area contributed by atoms with Crippen LogP contribution in [-0.4, -0.2) is 16.9 Å². The Bertz CT molecular complexity index is 707. The van der Waals surface area contributed by atoms with E-state index in [0.29, 0.717) is 12.2 Å². The Morgan fingerprint density at radius 1 is 1.33 bits per heavy atom. The summed E-state index contributed by atoms with van der Waals surface area (Å²) in [5, 5.41) is 2.81. The number of pyridine rings is 1. The van der Waals surface area contributed by atoms with Crippen LogP contribution in [0.15, 0.2) is 39.5 Å². The molecule has 1 atom stereocenters. The molecule has 110 valence electrons. The highest BCUT2D eigenvalue weighted by atomic mass is 16.3. The smallest absolute Gasteiger partial charge is 0.287 e. The first-order valence-corrected chi connectivity index (χ1v) is 6.79. The van der Waals surface area contributed by atoms with Crippen molar-refractivity contribution >= 4 is 5.91 Å². The number of hydrogen-bond donors (Lipinski definition) is 1. The van der Waals surface area contributed by atoms with Gasteiger partial charge in [-0.1, -0.05) is 6.07 Å². The predicted molar refractivity (Wildman–Crippen MR) is 79.3 cm³/mol. The van der Waals surface area contributed by atoms with Crippen molar-refractivity contribution in [1.82, 2.24) is 10.3 Å². The summed E-state index contributed by atoms with van der Waals surface area (Å²) in [4.78, 5) is 27.8. The Hall–Kier alpha value is -2.43. The minimum Gasteiger partial charge on any atom is -0.456 e. The lowest BCUT2D eigenvalue weighted by molar-refractivity contribution is 0.0907. The van der Waals surface area contributed by atoms with Crippen LogP contribution in [0.1, 0.15) is 34.6 Å². The van der Waals surface area contributed by atoms with Gasteiger partial charge >= 0.3 is 0 Å². The van der Waals surface area contributed by atoms with Gasteiger partial charge in [-0.3, -0.25) is 14.6 Å². The van der Waals surface area contributed by atoms with E-state index in [1.807, 2.05) is 32.0 Å². The summed E-state index contributed by atoms with van der Waals surface area (Å²) in [6.45, 7) is 5.45. The first-order valence-electron chi connectivity index (χ1n) is 6.79. The number of rotatable bonds is 4. The first kappa shape index (κ1) is 15.0. The minimum absolute atomic E-state index is 0.0315. The molecule has 0 aliphatic carbocycles. The van der Waals surface area contributed by atoms with E-state index in [9.17, 15) is 9.59 Å². The van der Waals surface area contributed by atoms with Crippen LogP contribution in [0.2, 0.25) is 0 Å². The molecule has 21 heavy (non-hydrogen) atoms. The zero-order chi connectivity index (χ0) is 15.4. The molecule has 0 unspecified atom stereocenters. The van der Waals surface area contributed by atoms with E-state index in [1.54, 1.807) is 6.92 Å². The van der Waals surface area contributed by atoms with Crippen LogP contribution in [0.25, 0.3) is 0 Å². The molecule has 0 saturated heterocycles. The van der Waals surface area contributed by atoms with Gasteiger partial charge in [-0.15, -0.1) is 0 Å². The van der Waals surface area contributed by atoms with E-state index in [2.05, 4.69) is 10.3 Å². The standard InChI is InChI=1S/C16H18N2O3/c1-10-5-4-6-13(17-10)7-11(2)18-16(20)15-9-14(19)8-12(3)21-15/h4-6,8-9,11H,7H2,1-3H3,(H,18,20)/t11-/m0/s1. The van der Waals surface area contributed by atoms with Crippen molar-refractivity contribution in [3.05, 3.63) is 63.5 Å². The maximum Gasteiger partial charge on any atom is 0.287 e. The second-order valence-corrected chi connectivity index (χ2v) is 5.12. The maximum atomic E-state index is 12.1. The molecule has 0 aliphatic rings. The third-order valence-electron chi connectivity index (χ3n) is 2.95. The van der Waals surface area contributed by atoms with Gasteiger partial charge in [-0.05, 0) is 32.9 Å². The van der Waals surface area contributed by atoms with Gasteiger partial charge in [0.2, 0.25) is 0 Å². The van der Waals surface area contributed by atoms with Gasteiger partial charge in [-0.2, -0.15) is 0 Å². The molecule has 5 nitrogen and oxygen atoms in total. The van der Waals surface area contributed by atoms with Gasteiger partial charge in [0.1, 0.15) is 5.76 Å². The van der Waals surface area contributed by atoms with Crippen molar-refractivity contribution in [3.63, 3.8) is 0 Å². The third kappa shape index (κ3) is 4.27. The van der Waals surface area contributed by atoms with Crippen molar-refractivity contribution in [1.29, 1.82) is 0 Å². The Kier molecular flexibility index (Phi) is 4.52. The molecule has 0 aromatic carbocycles. The van der Waals surface area contributed by atoms with E-state index in [1.165, 1.54) is 12.1 Å². The Morgan fingerprint density at radius 2 is 2.10 bits per heavy atom.